The second-order valence-corrected chi connectivity index (χ2v) is 6.29. The van der Waals surface area contributed by atoms with Crippen LogP contribution in [0.1, 0.15) is 25.8 Å². The van der Waals surface area contributed by atoms with Crippen molar-refractivity contribution in [2.45, 2.75) is 27.2 Å². The van der Waals surface area contributed by atoms with Gasteiger partial charge in [-0.2, -0.15) is 0 Å². The minimum Gasteiger partial charge on any atom is -0.492 e. The van der Waals surface area contributed by atoms with E-state index in [1.54, 1.807) is 6.92 Å². The molecule has 2 aromatic rings. The van der Waals surface area contributed by atoms with Crippen LogP contribution in [0.3, 0.4) is 0 Å². The van der Waals surface area contributed by atoms with E-state index in [2.05, 4.69) is 16.9 Å². The van der Waals surface area contributed by atoms with Gasteiger partial charge in [0.2, 0.25) is 0 Å². The Kier molecular flexibility index (Phi) is 6.08. The first-order valence-corrected chi connectivity index (χ1v) is 8.55. The van der Waals surface area contributed by atoms with E-state index in [9.17, 15) is 4.79 Å². The van der Waals surface area contributed by atoms with Gasteiger partial charge in [0.05, 0.1) is 17.1 Å². The van der Waals surface area contributed by atoms with Crippen molar-refractivity contribution in [3.8, 4) is 5.75 Å². The number of aryl methyl sites for hydroxylation is 1. The molecule has 1 fully saturated rings. The summed E-state index contributed by atoms with van der Waals surface area (Å²) in [4.78, 5) is 16.9. The number of hydrogen-bond donors (Lipinski definition) is 1. The highest BCUT2D eigenvalue weighted by Crippen LogP contribution is 2.30. The van der Waals surface area contributed by atoms with Crippen LogP contribution in [-0.4, -0.2) is 36.6 Å². The summed E-state index contributed by atoms with van der Waals surface area (Å²) in [5.74, 6) is 1.18. The van der Waals surface area contributed by atoms with E-state index in [1.807, 2.05) is 32.0 Å². The number of ether oxygens (including phenoxy) is 1. The van der Waals surface area contributed by atoms with Gasteiger partial charge < -0.3 is 14.6 Å². The highest BCUT2D eigenvalue weighted by atomic mass is 35.5. The van der Waals surface area contributed by atoms with Crippen LogP contribution < -0.4 is 10.3 Å². The minimum absolute atomic E-state index is 0.0757. The Hall–Kier alpha value is -1.52. The summed E-state index contributed by atoms with van der Waals surface area (Å²) in [5, 5.41) is 1.50. The minimum atomic E-state index is -0.0757. The molecule has 3 rings (SSSR count). The van der Waals surface area contributed by atoms with Crippen molar-refractivity contribution in [3.05, 3.63) is 39.1 Å². The van der Waals surface area contributed by atoms with Crippen molar-refractivity contribution < 1.29 is 4.74 Å². The topological polar surface area (TPSA) is 45.3 Å². The lowest BCUT2D eigenvalue weighted by Crippen LogP contribution is -2.18. The van der Waals surface area contributed by atoms with Crippen LogP contribution in [0.2, 0.25) is 5.02 Å². The lowest BCUT2D eigenvalue weighted by atomic mass is 10.1. The molecule has 0 aliphatic carbocycles. The summed E-state index contributed by atoms with van der Waals surface area (Å²) >= 11 is 6.28. The molecule has 1 aliphatic rings. The predicted molar refractivity (Wildman–Crippen MR) is 96.8 cm³/mol. The molecular formula is C18H25ClN2O2. The quantitative estimate of drug-likeness (QED) is 0.926. The average molecular weight is 337 g/mol. The second-order valence-electron chi connectivity index (χ2n) is 5.88. The van der Waals surface area contributed by atoms with E-state index >= 15 is 0 Å². The van der Waals surface area contributed by atoms with Gasteiger partial charge in [-0.3, -0.25) is 4.79 Å². The Morgan fingerprint density at radius 1 is 1.35 bits per heavy atom. The summed E-state index contributed by atoms with van der Waals surface area (Å²) in [7, 11) is 2.12. The Morgan fingerprint density at radius 3 is 2.74 bits per heavy atom. The van der Waals surface area contributed by atoms with Gasteiger partial charge in [0.15, 0.2) is 0 Å². The van der Waals surface area contributed by atoms with Gasteiger partial charge in [-0.25, -0.2) is 0 Å². The number of benzene rings is 1. The molecule has 1 aromatic heterocycles. The van der Waals surface area contributed by atoms with Gasteiger partial charge in [0.25, 0.3) is 5.56 Å². The number of likely N-dealkylation sites (tertiary alicyclic amines) is 1. The fourth-order valence-electron chi connectivity index (χ4n) is 2.80. The van der Waals surface area contributed by atoms with Crippen LogP contribution in [0.15, 0.2) is 23.0 Å². The van der Waals surface area contributed by atoms with Gasteiger partial charge in [0.1, 0.15) is 5.75 Å². The molecule has 0 spiro atoms. The normalized spacial score (nSPS) is 17.9. The number of rotatable bonds is 3. The van der Waals surface area contributed by atoms with Crippen LogP contribution in [0.25, 0.3) is 10.9 Å². The smallest absolute Gasteiger partial charge is 0.251 e. The molecule has 0 radical (unpaired) electrons. The second kappa shape index (κ2) is 7.84. The SMILES string of the molecule is CC.Cc1cc2cc(Cl)c(OCC3CCN(C)C3)cc2[nH]c1=O. The molecule has 1 N–H and O–H groups in total. The van der Waals surface area contributed by atoms with Crippen LogP contribution in [0.5, 0.6) is 5.75 Å². The zero-order valence-electron chi connectivity index (χ0n) is 14.3. The summed E-state index contributed by atoms with van der Waals surface area (Å²) in [6.07, 6.45) is 1.15. The first kappa shape index (κ1) is 17.8. The standard InChI is InChI=1S/C16H19ClN2O2.C2H6/c1-10-5-12-6-13(17)15(7-14(12)18-16(10)20)21-9-11-3-4-19(2)8-11;1-2/h5-7,11H,3-4,8-9H2,1-2H3,(H,18,20);1-2H3. The number of nitrogens with one attached hydrogen (secondary N) is 1. The third kappa shape index (κ3) is 4.27. The Bertz CT molecular complexity index is 727. The Balaban J connectivity index is 0.000000924. The van der Waals surface area contributed by atoms with Crippen molar-refractivity contribution >= 4 is 22.5 Å². The molecule has 1 unspecified atom stereocenters. The lowest BCUT2D eigenvalue weighted by Gasteiger charge is -2.14. The molecule has 1 saturated heterocycles. The summed E-state index contributed by atoms with van der Waals surface area (Å²) in [5.41, 5.74) is 1.36. The summed E-state index contributed by atoms with van der Waals surface area (Å²) in [6.45, 7) is 8.62. The van der Waals surface area contributed by atoms with Crippen LogP contribution >= 0.6 is 11.6 Å². The molecule has 5 heteroatoms. The van der Waals surface area contributed by atoms with Crippen LogP contribution in [0.4, 0.5) is 0 Å². The number of hydrogen-bond acceptors (Lipinski definition) is 3. The first-order valence-electron chi connectivity index (χ1n) is 8.17. The monoisotopic (exact) mass is 336 g/mol. The molecule has 23 heavy (non-hydrogen) atoms. The molecule has 1 aromatic carbocycles. The number of nitrogens with zero attached hydrogens (tertiary/aromatic N) is 1. The van der Waals surface area contributed by atoms with Gasteiger partial charge in [-0.1, -0.05) is 25.4 Å². The van der Waals surface area contributed by atoms with Crippen molar-refractivity contribution in [3.63, 3.8) is 0 Å². The molecule has 126 valence electrons. The maximum atomic E-state index is 11.7. The number of halogens is 1. The maximum absolute atomic E-state index is 11.7. The van der Waals surface area contributed by atoms with E-state index in [-0.39, 0.29) is 5.56 Å². The molecule has 0 bridgehead atoms. The molecule has 0 saturated carbocycles. The Labute approximate surface area is 142 Å². The van der Waals surface area contributed by atoms with Gasteiger partial charge >= 0.3 is 0 Å². The van der Waals surface area contributed by atoms with Crippen molar-refractivity contribution in [2.75, 3.05) is 26.7 Å². The molecule has 4 nitrogen and oxygen atoms in total. The first-order chi connectivity index (χ1) is 11.0. The van der Waals surface area contributed by atoms with Crippen molar-refractivity contribution in [2.24, 2.45) is 5.92 Å². The van der Waals surface area contributed by atoms with Crippen LogP contribution in [-0.2, 0) is 0 Å². The van der Waals surface area contributed by atoms with Crippen molar-refractivity contribution in [1.82, 2.24) is 9.88 Å². The molecule has 0 amide bonds. The van der Waals surface area contributed by atoms with E-state index in [0.717, 1.165) is 30.4 Å². The lowest BCUT2D eigenvalue weighted by molar-refractivity contribution is 0.249. The number of pyridine rings is 1. The van der Waals surface area contributed by atoms with Crippen molar-refractivity contribution in [1.29, 1.82) is 0 Å². The maximum Gasteiger partial charge on any atom is 0.251 e. The molecule has 1 aliphatic heterocycles. The van der Waals surface area contributed by atoms with E-state index < -0.39 is 0 Å². The van der Waals surface area contributed by atoms with Gasteiger partial charge in [-0.05, 0) is 39.1 Å². The average Bonchev–Trinajstić information content (AvgIpc) is 2.95. The van der Waals surface area contributed by atoms with E-state index in [0.29, 0.717) is 28.9 Å². The van der Waals surface area contributed by atoms with Crippen LogP contribution in [0, 0.1) is 12.8 Å². The highest BCUT2D eigenvalue weighted by Gasteiger charge is 2.20. The number of fused-ring (bicyclic) bond motifs is 1. The van der Waals surface area contributed by atoms with E-state index in [4.69, 9.17) is 16.3 Å². The molecule has 2 heterocycles. The predicted octanol–water partition coefficient (Wildman–Crippen LogP) is 3.85. The summed E-state index contributed by atoms with van der Waals surface area (Å²) in [6, 6.07) is 5.50. The van der Waals surface area contributed by atoms with Gasteiger partial charge in [-0.15, -0.1) is 0 Å². The zero-order valence-corrected chi connectivity index (χ0v) is 15.0. The summed E-state index contributed by atoms with van der Waals surface area (Å²) < 4.78 is 5.87. The molecular weight excluding hydrogens is 312 g/mol. The largest absolute Gasteiger partial charge is 0.492 e. The molecule has 1 atom stereocenters. The van der Waals surface area contributed by atoms with Gasteiger partial charge in [0, 0.05) is 29.5 Å². The highest BCUT2D eigenvalue weighted by molar-refractivity contribution is 6.32. The third-order valence-electron chi connectivity index (χ3n) is 4.05. The fraction of sp³-hybridized carbons (Fsp3) is 0.500. The fourth-order valence-corrected chi connectivity index (χ4v) is 3.02. The number of H-pyrrole nitrogens is 1. The number of aromatic nitrogens is 1. The zero-order chi connectivity index (χ0) is 17.0. The third-order valence-corrected chi connectivity index (χ3v) is 4.34. The Morgan fingerprint density at radius 2 is 2.09 bits per heavy atom. The number of aromatic amines is 1. The van der Waals surface area contributed by atoms with E-state index in [1.165, 1.54) is 0 Å².